The molecule has 0 fully saturated rings. The van der Waals surface area contributed by atoms with Crippen LogP contribution in [-0.4, -0.2) is 18.1 Å². The van der Waals surface area contributed by atoms with Crippen molar-refractivity contribution >= 4 is 17.1 Å². The molecular weight excluding hydrogens is 275 g/mol. The quantitative estimate of drug-likeness (QED) is 0.625. The first-order valence-corrected chi connectivity index (χ1v) is 6.59. The second-order valence-electron chi connectivity index (χ2n) is 4.75. The van der Waals surface area contributed by atoms with Gasteiger partial charge >= 0.3 is 0 Å². The van der Waals surface area contributed by atoms with Gasteiger partial charge in [-0.25, -0.2) is 4.39 Å². The van der Waals surface area contributed by atoms with Crippen LogP contribution in [0.4, 0.5) is 21.5 Å². The van der Waals surface area contributed by atoms with Gasteiger partial charge in [-0.05, 0) is 24.6 Å². The van der Waals surface area contributed by atoms with Crippen LogP contribution < -0.4 is 9.64 Å². The lowest BCUT2D eigenvalue weighted by Crippen LogP contribution is -2.17. The normalized spacial score (nSPS) is 14.0. The van der Waals surface area contributed by atoms with E-state index in [2.05, 4.69) is 0 Å². The Morgan fingerprint density at radius 2 is 2.05 bits per heavy atom. The Labute approximate surface area is 120 Å². The fraction of sp³-hybridized carbons (Fsp3) is 0.200. The summed E-state index contributed by atoms with van der Waals surface area (Å²) in [7, 11) is 0. The molecule has 0 amide bonds. The number of rotatable bonds is 2. The van der Waals surface area contributed by atoms with E-state index >= 15 is 0 Å². The van der Waals surface area contributed by atoms with E-state index in [1.165, 1.54) is 12.1 Å². The minimum absolute atomic E-state index is 0.257. The summed E-state index contributed by atoms with van der Waals surface area (Å²) in [6, 6.07) is 11.0. The molecule has 0 saturated carbocycles. The minimum atomic E-state index is -0.623. The van der Waals surface area contributed by atoms with Gasteiger partial charge in [-0.15, -0.1) is 0 Å². The van der Waals surface area contributed by atoms with E-state index in [1.807, 2.05) is 29.2 Å². The lowest BCUT2D eigenvalue weighted by atomic mass is 10.2. The first kappa shape index (κ1) is 13.4. The van der Waals surface area contributed by atoms with E-state index in [1.54, 1.807) is 0 Å². The average molecular weight is 288 g/mol. The van der Waals surface area contributed by atoms with Crippen molar-refractivity contribution in [3.8, 4) is 5.75 Å². The molecule has 2 aromatic rings. The molecule has 5 nitrogen and oxygen atoms in total. The molecular formula is C15H13FN2O3. The predicted octanol–water partition coefficient (Wildman–Crippen LogP) is 3.65. The van der Waals surface area contributed by atoms with Crippen LogP contribution in [0.2, 0.25) is 0 Å². The fourth-order valence-corrected chi connectivity index (χ4v) is 2.42. The third-order valence-electron chi connectivity index (χ3n) is 3.33. The molecule has 0 atom stereocenters. The van der Waals surface area contributed by atoms with Gasteiger partial charge in [-0.1, -0.05) is 12.1 Å². The molecule has 0 bridgehead atoms. The van der Waals surface area contributed by atoms with Gasteiger partial charge in [0.05, 0.1) is 29.0 Å². The fourth-order valence-electron chi connectivity index (χ4n) is 2.42. The Morgan fingerprint density at radius 3 is 2.86 bits per heavy atom. The summed E-state index contributed by atoms with van der Waals surface area (Å²) >= 11 is 0. The van der Waals surface area contributed by atoms with Crippen molar-refractivity contribution < 1.29 is 14.1 Å². The highest BCUT2D eigenvalue weighted by Gasteiger charge is 2.20. The van der Waals surface area contributed by atoms with Crippen molar-refractivity contribution in [2.45, 2.75) is 6.42 Å². The molecule has 0 aliphatic carbocycles. The molecule has 3 rings (SSSR count). The number of ether oxygens (including phenoxy) is 1. The van der Waals surface area contributed by atoms with Crippen LogP contribution in [0.3, 0.4) is 0 Å². The van der Waals surface area contributed by atoms with Crippen LogP contribution in [-0.2, 0) is 0 Å². The molecule has 0 saturated heterocycles. The zero-order chi connectivity index (χ0) is 14.8. The summed E-state index contributed by atoms with van der Waals surface area (Å²) in [5.74, 6) is 0.0729. The SMILES string of the molecule is O=[N+]([O-])c1cc(F)cc(N2CCCOc3ccccc32)c1. The number of non-ortho nitro benzene ring substituents is 1. The summed E-state index contributed by atoms with van der Waals surface area (Å²) < 4.78 is 19.3. The third-order valence-corrected chi connectivity index (χ3v) is 3.33. The molecule has 2 aromatic carbocycles. The van der Waals surface area contributed by atoms with Gasteiger partial charge in [-0.2, -0.15) is 0 Å². The summed E-state index contributed by atoms with van der Waals surface area (Å²) in [4.78, 5) is 12.2. The molecule has 0 N–H and O–H groups in total. The van der Waals surface area contributed by atoms with E-state index in [9.17, 15) is 14.5 Å². The molecule has 1 aliphatic heterocycles. The number of para-hydroxylation sites is 2. The number of nitrogens with zero attached hydrogens (tertiary/aromatic N) is 2. The number of anilines is 2. The monoisotopic (exact) mass is 288 g/mol. The summed E-state index contributed by atoms with van der Waals surface area (Å²) in [6.07, 6.45) is 0.749. The Morgan fingerprint density at radius 1 is 1.24 bits per heavy atom. The number of nitro benzene ring substituents is 1. The van der Waals surface area contributed by atoms with Crippen LogP contribution in [0.5, 0.6) is 5.75 Å². The number of nitro groups is 1. The van der Waals surface area contributed by atoms with Crippen LogP contribution >= 0.6 is 0 Å². The Hall–Kier alpha value is -2.63. The van der Waals surface area contributed by atoms with Gasteiger partial charge < -0.3 is 9.64 Å². The Bertz CT molecular complexity index is 690. The van der Waals surface area contributed by atoms with Gasteiger partial charge in [0.25, 0.3) is 5.69 Å². The lowest BCUT2D eigenvalue weighted by molar-refractivity contribution is -0.385. The van der Waals surface area contributed by atoms with Crippen LogP contribution in [0.25, 0.3) is 0 Å². The van der Waals surface area contributed by atoms with Crippen LogP contribution in [0.1, 0.15) is 6.42 Å². The van der Waals surface area contributed by atoms with Crippen molar-refractivity contribution in [3.05, 3.63) is 58.4 Å². The molecule has 1 heterocycles. The highest BCUT2D eigenvalue weighted by molar-refractivity contribution is 5.71. The van der Waals surface area contributed by atoms with Gasteiger partial charge in [-0.3, -0.25) is 10.1 Å². The number of hydrogen-bond acceptors (Lipinski definition) is 4. The zero-order valence-corrected chi connectivity index (χ0v) is 11.2. The maximum atomic E-state index is 13.7. The van der Waals surface area contributed by atoms with Gasteiger partial charge in [0, 0.05) is 12.6 Å². The average Bonchev–Trinajstić information content (AvgIpc) is 2.69. The van der Waals surface area contributed by atoms with E-state index in [0.29, 0.717) is 24.6 Å². The van der Waals surface area contributed by atoms with E-state index in [-0.39, 0.29) is 5.69 Å². The summed E-state index contributed by atoms with van der Waals surface area (Å²) in [5, 5.41) is 10.9. The Balaban J connectivity index is 2.09. The number of fused-ring (bicyclic) bond motifs is 1. The first-order chi connectivity index (χ1) is 10.1. The highest BCUT2D eigenvalue weighted by Crippen LogP contribution is 2.37. The molecule has 6 heteroatoms. The van der Waals surface area contributed by atoms with E-state index in [4.69, 9.17) is 4.74 Å². The smallest absolute Gasteiger partial charge is 0.274 e. The highest BCUT2D eigenvalue weighted by atomic mass is 19.1. The van der Waals surface area contributed by atoms with Crippen molar-refractivity contribution in [2.75, 3.05) is 18.1 Å². The summed E-state index contributed by atoms with van der Waals surface area (Å²) in [6.45, 7) is 1.17. The van der Waals surface area contributed by atoms with Gasteiger partial charge in [0.15, 0.2) is 0 Å². The van der Waals surface area contributed by atoms with Gasteiger partial charge in [0.1, 0.15) is 11.6 Å². The van der Waals surface area contributed by atoms with Crippen molar-refractivity contribution in [1.82, 2.24) is 0 Å². The molecule has 0 aromatic heterocycles. The molecule has 1 aliphatic rings. The van der Waals surface area contributed by atoms with Crippen LogP contribution in [0.15, 0.2) is 42.5 Å². The van der Waals surface area contributed by atoms with Crippen LogP contribution in [0, 0.1) is 15.9 Å². The number of hydrogen-bond donors (Lipinski definition) is 0. The van der Waals surface area contributed by atoms with Crippen molar-refractivity contribution in [2.24, 2.45) is 0 Å². The second-order valence-corrected chi connectivity index (χ2v) is 4.75. The van der Waals surface area contributed by atoms with Crippen molar-refractivity contribution in [3.63, 3.8) is 0 Å². The summed E-state index contributed by atoms with van der Waals surface area (Å²) in [5.41, 5.74) is 0.988. The van der Waals surface area contributed by atoms with Crippen molar-refractivity contribution in [1.29, 1.82) is 0 Å². The Kier molecular flexibility index (Phi) is 3.43. The molecule has 0 radical (unpaired) electrons. The molecule has 21 heavy (non-hydrogen) atoms. The molecule has 0 spiro atoms. The standard InChI is InChI=1S/C15H13FN2O3/c16-11-8-12(10-13(9-11)18(19)20)17-6-3-7-21-15-5-2-1-4-14(15)17/h1-2,4-5,8-10H,3,6-7H2. The number of halogens is 1. The number of benzene rings is 2. The molecule has 0 unspecified atom stereocenters. The predicted molar refractivity (Wildman–Crippen MR) is 76.6 cm³/mol. The zero-order valence-electron chi connectivity index (χ0n) is 11.2. The third kappa shape index (κ3) is 2.65. The largest absolute Gasteiger partial charge is 0.491 e. The van der Waals surface area contributed by atoms with E-state index < -0.39 is 10.7 Å². The maximum absolute atomic E-state index is 13.7. The topological polar surface area (TPSA) is 55.6 Å². The first-order valence-electron chi connectivity index (χ1n) is 6.59. The maximum Gasteiger partial charge on any atom is 0.274 e. The van der Waals surface area contributed by atoms with Gasteiger partial charge in [0.2, 0.25) is 0 Å². The second kappa shape index (κ2) is 5.40. The van der Waals surface area contributed by atoms with E-state index in [0.717, 1.165) is 18.2 Å². The lowest BCUT2D eigenvalue weighted by Gasteiger charge is -2.23. The molecule has 108 valence electrons. The minimum Gasteiger partial charge on any atom is -0.491 e.